The summed E-state index contributed by atoms with van der Waals surface area (Å²) in [7, 11) is 0. The molecule has 19 heteroatoms. The molecule has 3 aromatic carbocycles. The lowest BCUT2D eigenvalue weighted by Crippen LogP contribution is -2.17. The number of alkyl halides is 1. The van der Waals surface area contributed by atoms with Crippen LogP contribution in [0.25, 0.3) is 0 Å². The van der Waals surface area contributed by atoms with Gasteiger partial charge in [-0.1, -0.05) is 127 Å². The molecule has 0 aliphatic rings. The number of benzene rings is 3. The number of nitrogens with one attached hydrogen (secondary N) is 3. The molecular weight excluding hydrogens is 1040 g/mol. The highest BCUT2D eigenvalue weighted by Crippen LogP contribution is 2.32. The Bertz CT molecular complexity index is 2860. The van der Waals surface area contributed by atoms with Crippen LogP contribution >= 0.6 is 85.5 Å². The maximum absolute atomic E-state index is 11.7. The third-order valence-corrected chi connectivity index (χ3v) is 12.7. The zero-order valence-corrected chi connectivity index (χ0v) is 42.8. The van der Waals surface area contributed by atoms with Crippen molar-refractivity contribution >= 4 is 91.5 Å². The first-order chi connectivity index (χ1) is 31.1. The van der Waals surface area contributed by atoms with Crippen molar-refractivity contribution < 1.29 is 9.90 Å². The van der Waals surface area contributed by atoms with Gasteiger partial charge >= 0.3 is 5.97 Å². The van der Waals surface area contributed by atoms with Crippen molar-refractivity contribution in [1.29, 1.82) is 5.26 Å². The Kier molecular flexibility index (Phi) is 20.5. The van der Waals surface area contributed by atoms with Crippen LogP contribution in [-0.2, 0) is 42.2 Å². The van der Waals surface area contributed by atoms with Gasteiger partial charge in [0.1, 0.15) is 0 Å². The minimum Gasteiger partial charge on any atom is -0.481 e. The van der Waals surface area contributed by atoms with Crippen molar-refractivity contribution in [2.45, 2.75) is 96.7 Å². The Morgan fingerprint density at radius 1 is 0.561 bits per heavy atom. The Morgan fingerprint density at radius 2 is 0.848 bits per heavy atom. The van der Waals surface area contributed by atoms with E-state index in [4.69, 9.17) is 80.0 Å². The summed E-state index contributed by atoms with van der Waals surface area (Å²) in [5, 5.41) is 40.9. The van der Waals surface area contributed by atoms with Gasteiger partial charge in [0.25, 0.3) is 16.7 Å². The van der Waals surface area contributed by atoms with E-state index in [2.05, 4.69) is 52.6 Å². The van der Waals surface area contributed by atoms with Gasteiger partial charge in [0, 0.05) is 71.4 Å². The minimum atomic E-state index is -0.950. The number of hydrogen-bond acceptors (Lipinski definition) is 8. The quantitative estimate of drug-likeness (QED) is 0.0813. The van der Waals surface area contributed by atoms with Crippen molar-refractivity contribution in [3.8, 4) is 6.07 Å². The number of carboxylic acid groups (broad SMARTS) is 1. The molecule has 0 radical (unpaired) electrons. The fourth-order valence-corrected chi connectivity index (χ4v) is 8.84. The number of H-pyrrole nitrogens is 3. The highest BCUT2D eigenvalue weighted by Gasteiger charge is 2.16. The van der Waals surface area contributed by atoms with Crippen molar-refractivity contribution in [3.63, 3.8) is 0 Å². The van der Waals surface area contributed by atoms with Crippen molar-refractivity contribution in [2.24, 2.45) is 0 Å². The summed E-state index contributed by atoms with van der Waals surface area (Å²) in [5.41, 5.74) is 8.11. The lowest BCUT2D eigenvalue weighted by atomic mass is 10.0. The average molecular weight is 1080 g/mol. The number of rotatable bonds is 13. The second kappa shape index (κ2) is 25.0. The zero-order valence-electron chi connectivity index (χ0n) is 36.7. The number of hydrogen-bond donors (Lipinski definition) is 4. The summed E-state index contributed by atoms with van der Waals surface area (Å²) in [6.45, 7) is 11.7. The third-order valence-electron chi connectivity index (χ3n) is 9.99. The summed E-state index contributed by atoms with van der Waals surface area (Å²) < 4.78 is 0. The second-order valence-corrected chi connectivity index (χ2v) is 19.1. The van der Waals surface area contributed by atoms with E-state index in [1.807, 2.05) is 59.7 Å². The van der Waals surface area contributed by atoms with E-state index in [1.165, 1.54) is 0 Å². The smallest absolute Gasteiger partial charge is 0.307 e. The molecule has 0 unspecified atom stereocenters. The topological polar surface area (TPSA) is 198 Å². The molecule has 0 aliphatic carbocycles. The van der Waals surface area contributed by atoms with Crippen LogP contribution in [0.1, 0.15) is 126 Å². The van der Waals surface area contributed by atoms with Gasteiger partial charge in [0.05, 0.1) is 36.0 Å². The summed E-state index contributed by atoms with van der Waals surface area (Å²) >= 11 is 40.9. The molecule has 0 fully saturated rings. The van der Waals surface area contributed by atoms with Crippen LogP contribution in [0.2, 0.25) is 30.1 Å². The molecule has 0 amide bonds. The Morgan fingerprint density at radius 3 is 1.11 bits per heavy atom. The van der Waals surface area contributed by atoms with E-state index in [9.17, 15) is 19.2 Å². The maximum atomic E-state index is 11.7. The van der Waals surface area contributed by atoms with Gasteiger partial charge < -0.3 is 5.11 Å². The molecule has 66 heavy (non-hydrogen) atoms. The second-order valence-electron chi connectivity index (χ2n) is 16.1. The standard InChI is InChI=1S/C16H15Cl2N3O.C16H16Cl2N2O3.C15H15BrCl2N2O/c1-9(2)12-7-11(20-21-16(12)22)8-13-14(17)5-10(3-4-19)6-15(13)18;1-8(2)11-6-10(19-20-16(11)23)7-12-13(17)3-9(4-14(12)18)5-15(21)22;1-8(2)11-5-10(19-20-15(11)21)6-12-13(17)3-9(7-16)4-14(12)18/h5-7,9H,3,8H2,1-2H3,(H,21,22);3-4,6,8H,5,7H2,1-2H3,(H,20,23)(H,21,22);3-5,8H,6-7H2,1-2H3,(H,20,21). The average Bonchev–Trinajstić information content (AvgIpc) is 3.23. The number of carboxylic acids is 1. The van der Waals surface area contributed by atoms with E-state index in [1.54, 1.807) is 36.4 Å². The molecule has 3 aromatic heterocycles. The van der Waals surface area contributed by atoms with Crippen LogP contribution in [0.15, 0.2) is 69.0 Å². The monoisotopic (exact) mass is 1080 g/mol. The molecule has 4 N–H and O–H groups in total. The molecule has 0 atom stereocenters. The fourth-order valence-electron chi connectivity index (χ4n) is 6.52. The maximum Gasteiger partial charge on any atom is 0.307 e. The largest absolute Gasteiger partial charge is 0.481 e. The van der Waals surface area contributed by atoms with Gasteiger partial charge in [-0.2, -0.15) is 20.6 Å². The summed E-state index contributed by atoms with van der Waals surface area (Å²) in [6.07, 6.45) is 1.36. The van der Waals surface area contributed by atoms with E-state index in [0.29, 0.717) is 93.9 Å². The Hall–Kier alpha value is -4.52. The van der Waals surface area contributed by atoms with E-state index >= 15 is 0 Å². The van der Waals surface area contributed by atoms with Gasteiger partial charge in [-0.05, 0) is 106 Å². The highest BCUT2D eigenvalue weighted by atomic mass is 79.9. The molecular formula is C47H46BrCl6N7O5. The third kappa shape index (κ3) is 15.3. The number of aromatic nitrogens is 6. The van der Waals surface area contributed by atoms with Gasteiger partial charge in [-0.25, -0.2) is 15.3 Å². The molecule has 6 aromatic rings. The van der Waals surface area contributed by atoms with Crippen LogP contribution in [0.5, 0.6) is 0 Å². The van der Waals surface area contributed by atoms with Crippen LogP contribution in [-0.4, -0.2) is 41.7 Å². The molecule has 0 bridgehead atoms. The molecule has 0 spiro atoms. The number of carbonyl (C=O) groups is 1. The predicted octanol–water partition coefficient (Wildman–Crippen LogP) is 12.0. The Labute approximate surface area is 420 Å². The van der Waals surface area contributed by atoms with Crippen molar-refractivity contribution in [3.05, 3.63) is 183 Å². The minimum absolute atomic E-state index is 0.0735. The van der Waals surface area contributed by atoms with E-state index in [0.717, 1.165) is 27.9 Å². The fraction of sp³-hybridized carbons (Fsp3) is 0.319. The number of nitriles is 1. The molecule has 348 valence electrons. The zero-order chi connectivity index (χ0) is 49.0. The van der Waals surface area contributed by atoms with Gasteiger partial charge in [-0.3, -0.25) is 19.2 Å². The number of halogens is 7. The van der Waals surface area contributed by atoms with Gasteiger partial charge in [0.15, 0.2) is 0 Å². The lowest BCUT2D eigenvalue weighted by Gasteiger charge is -2.10. The summed E-state index contributed by atoms with van der Waals surface area (Å²) in [5.74, 6) is -0.634. The predicted molar refractivity (Wildman–Crippen MR) is 268 cm³/mol. The van der Waals surface area contributed by atoms with Crippen LogP contribution in [0, 0.1) is 11.3 Å². The number of aromatic amines is 3. The van der Waals surface area contributed by atoms with Crippen molar-refractivity contribution in [2.75, 3.05) is 0 Å². The molecule has 0 saturated heterocycles. The first kappa shape index (κ1) is 54.1. The van der Waals surface area contributed by atoms with Crippen LogP contribution in [0.3, 0.4) is 0 Å². The molecule has 0 saturated carbocycles. The summed E-state index contributed by atoms with van der Waals surface area (Å²) in [4.78, 5) is 45.9. The SMILES string of the molecule is CC(C)c1cc(Cc2c(Cl)cc(CBr)cc2Cl)n[nH]c1=O.CC(C)c1cc(Cc2c(Cl)cc(CC#N)cc2Cl)n[nH]c1=O.CC(C)c1cc(Cc2c(Cl)cc(CC(=O)O)cc2Cl)n[nH]c1=O. The van der Waals surface area contributed by atoms with Gasteiger partial charge in [-0.15, -0.1) is 0 Å². The number of nitrogens with zero attached hydrogens (tertiary/aromatic N) is 4. The molecule has 0 aliphatic heterocycles. The van der Waals surface area contributed by atoms with Crippen LogP contribution in [0.4, 0.5) is 0 Å². The molecule has 3 heterocycles. The normalized spacial score (nSPS) is 11.0. The van der Waals surface area contributed by atoms with E-state index in [-0.39, 0.29) is 47.3 Å². The Balaban J connectivity index is 0.000000217. The number of aliphatic carboxylic acids is 1. The van der Waals surface area contributed by atoms with Gasteiger partial charge in [0.2, 0.25) is 0 Å². The first-order valence-corrected chi connectivity index (χ1v) is 23.8. The summed E-state index contributed by atoms with van der Waals surface area (Å²) in [6, 6.07) is 17.8. The van der Waals surface area contributed by atoms with Crippen LogP contribution < -0.4 is 16.7 Å². The van der Waals surface area contributed by atoms with E-state index < -0.39 is 5.97 Å². The molecule has 6 rings (SSSR count). The van der Waals surface area contributed by atoms with Crippen molar-refractivity contribution in [1.82, 2.24) is 30.6 Å². The first-order valence-electron chi connectivity index (χ1n) is 20.4. The highest BCUT2D eigenvalue weighted by molar-refractivity contribution is 9.08. The lowest BCUT2D eigenvalue weighted by molar-refractivity contribution is -0.136. The molecule has 12 nitrogen and oxygen atoms in total.